The van der Waals surface area contributed by atoms with E-state index in [0.29, 0.717) is 12.5 Å². The monoisotopic (exact) mass is 276 g/mol. The molecule has 106 valence electrons. The first-order valence-electron chi connectivity index (χ1n) is 6.02. The topological polar surface area (TPSA) is 43.4 Å². The Balaban J connectivity index is 2.83. The SMILES string of the molecule is CCCCCC(=O)OC1(C(F)(F)F)C=CC=CC1=O. The lowest BCUT2D eigenvalue weighted by Gasteiger charge is -2.31. The Hall–Kier alpha value is -1.59. The van der Waals surface area contributed by atoms with Gasteiger partial charge in [-0.2, -0.15) is 13.2 Å². The van der Waals surface area contributed by atoms with Crippen LogP contribution >= 0.6 is 0 Å². The summed E-state index contributed by atoms with van der Waals surface area (Å²) in [6.07, 6.45) is 0.460. The van der Waals surface area contributed by atoms with Crippen molar-refractivity contribution in [2.45, 2.75) is 44.4 Å². The van der Waals surface area contributed by atoms with Gasteiger partial charge < -0.3 is 4.74 Å². The Morgan fingerprint density at radius 2 is 2.00 bits per heavy atom. The van der Waals surface area contributed by atoms with Gasteiger partial charge in [0.2, 0.25) is 5.78 Å². The van der Waals surface area contributed by atoms with Crippen LogP contribution < -0.4 is 0 Å². The number of ether oxygens (including phenoxy) is 1. The molecular formula is C13H15F3O3. The molecule has 0 amide bonds. The molecule has 0 heterocycles. The third-order valence-corrected chi connectivity index (χ3v) is 2.74. The van der Waals surface area contributed by atoms with E-state index in [9.17, 15) is 22.8 Å². The largest absolute Gasteiger partial charge is 0.440 e. The molecule has 0 saturated heterocycles. The maximum Gasteiger partial charge on any atom is 0.440 e. The van der Waals surface area contributed by atoms with Crippen molar-refractivity contribution in [3.8, 4) is 0 Å². The van der Waals surface area contributed by atoms with Gasteiger partial charge in [0.15, 0.2) is 0 Å². The lowest BCUT2D eigenvalue weighted by Crippen LogP contribution is -2.53. The summed E-state index contributed by atoms with van der Waals surface area (Å²) in [6.45, 7) is 1.90. The third-order valence-electron chi connectivity index (χ3n) is 2.74. The Bertz CT molecular complexity index is 410. The van der Waals surface area contributed by atoms with E-state index in [1.165, 1.54) is 6.08 Å². The molecule has 1 aliphatic rings. The summed E-state index contributed by atoms with van der Waals surface area (Å²) in [6, 6.07) is 0. The Morgan fingerprint density at radius 1 is 1.32 bits per heavy atom. The van der Waals surface area contributed by atoms with Crippen LogP contribution in [0.1, 0.15) is 32.6 Å². The Morgan fingerprint density at radius 3 is 2.53 bits per heavy atom. The molecule has 0 bridgehead atoms. The molecule has 1 atom stereocenters. The summed E-state index contributed by atoms with van der Waals surface area (Å²) in [5, 5.41) is 0. The molecule has 1 unspecified atom stereocenters. The van der Waals surface area contributed by atoms with Crippen LogP contribution in [0, 0.1) is 0 Å². The van der Waals surface area contributed by atoms with Crippen molar-refractivity contribution in [2.24, 2.45) is 0 Å². The zero-order chi connectivity index (χ0) is 14.5. The summed E-state index contributed by atoms with van der Waals surface area (Å²) in [4.78, 5) is 22.9. The predicted octanol–water partition coefficient (Wildman–Crippen LogP) is 3.11. The van der Waals surface area contributed by atoms with Crippen molar-refractivity contribution in [3.05, 3.63) is 24.3 Å². The van der Waals surface area contributed by atoms with Crippen LogP contribution in [0.4, 0.5) is 13.2 Å². The molecule has 0 aromatic heterocycles. The first-order valence-corrected chi connectivity index (χ1v) is 6.02. The number of hydrogen-bond acceptors (Lipinski definition) is 3. The minimum absolute atomic E-state index is 0.128. The highest BCUT2D eigenvalue weighted by molar-refractivity contribution is 6.02. The molecule has 0 radical (unpaired) electrons. The highest BCUT2D eigenvalue weighted by Crippen LogP contribution is 2.38. The molecule has 0 N–H and O–H groups in total. The minimum atomic E-state index is -4.97. The lowest BCUT2D eigenvalue weighted by atomic mass is 9.92. The number of esters is 1. The van der Waals surface area contributed by atoms with E-state index in [2.05, 4.69) is 4.74 Å². The zero-order valence-electron chi connectivity index (χ0n) is 10.5. The molecule has 0 spiro atoms. The van der Waals surface area contributed by atoms with Crippen LogP contribution in [0.2, 0.25) is 0 Å². The van der Waals surface area contributed by atoms with E-state index in [1.807, 2.05) is 6.92 Å². The van der Waals surface area contributed by atoms with Crippen molar-refractivity contribution >= 4 is 11.8 Å². The normalized spacial score (nSPS) is 22.6. The second kappa shape index (κ2) is 6.04. The number of carbonyl (C=O) groups excluding carboxylic acids is 2. The van der Waals surface area contributed by atoms with Crippen molar-refractivity contribution < 1.29 is 27.5 Å². The molecule has 6 heteroatoms. The van der Waals surface area contributed by atoms with Gasteiger partial charge in [-0.05, 0) is 18.6 Å². The number of halogens is 3. The molecule has 0 fully saturated rings. The van der Waals surface area contributed by atoms with Gasteiger partial charge >= 0.3 is 12.1 Å². The van der Waals surface area contributed by atoms with Crippen LogP contribution in [0.3, 0.4) is 0 Å². The van der Waals surface area contributed by atoms with E-state index in [4.69, 9.17) is 0 Å². The van der Waals surface area contributed by atoms with Gasteiger partial charge in [-0.1, -0.05) is 31.9 Å². The van der Waals surface area contributed by atoms with Crippen LogP contribution in [0.25, 0.3) is 0 Å². The quantitative estimate of drug-likeness (QED) is 0.572. The Kier molecular flexibility index (Phi) is 4.91. The van der Waals surface area contributed by atoms with Crippen LogP contribution in [-0.2, 0) is 14.3 Å². The third kappa shape index (κ3) is 3.45. The molecule has 0 aliphatic heterocycles. The van der Waals surface area contributed by atoms with Gasteiger partial charge in [-0.15, -0.1) is 0 Å². The van der Waals surface area contributed by atoms with E-state index >= 15 is 0 Å². The number of unbranched alkanes of at least 4 members (excludes halogenated alkanes) is 2. The molecule has 19 heavy (non-hydrogen) atoms. The van der Waals surface area contributed by atoms with Crippen molar-refractivity contribution in [1.29, 1.82) is 0 Å². The highest BCUT2D eigenvalue weighted by Gasteiger charge is 2.61. The standard InChI is InChI=1S/C13H15F3O3/c1-2-3-4-8-11(18)19-12(13(14,15)16)9-6-5-7-10(12)17/h5-7,9H,2-4,8H2,1H3. The molecule has 1 aliphatic carbocycles. The molecule has 1 rings (SSSR count). The lowest BCUT2D eigenvalue weighted by molar-refractivity contribution is -0.243. The Labute approximate surface area is 109 Å². The van der Waals surface area contributed by atoms with E-state index in [-0.39, 0.29) is 6.42 Å². The van der Waals surface area contributed by atoms with E-state index in [1.54, 1.807) is 0 Å². The molecular weight excluding hydrogens is 261 g/mol. The first kappa shape index (κ1) is 15.5. The number of alkyl halides is 3. The molecule has 3 nitrogen and oxygen atoms in total. The van der Waals surface area contributed by atoms with Crippen molar-refractivity contribution in [2.75, 3.05) is 0 Å². The maximum atomic E-state index is 13.0. The fourth-order valence-corrected chi connectivity index (χ4v) is 1.67. The summed E-state index contributed by atoms with van der Waals surface area (Å²) in [5.41, 5.74) is -3.16. The van der Waals surface area contributed by atoms with Gasteiger partial charge in [0, 0.05) is 6.42 Å². The number of ketones is 1. The number of hydrogen-bond donors (Lipinski definition) is 0. The first-order chi connectivity index (χ1) is 8.83. The van der Waals surface area contributed by atoms with E-state index in [0.717, 1.165) is 25.0 Å². The number of rotatable bonds is 5. The number of carbonyl (C=O) groups is 2. The van der Waals surface area contributed by atoms with Crippen LogP contribution in [0.15, 0.2) is 24.3 Å². The molecule has 0 aromatic carbocycles. The molecule has 0 aromatic rings. The highest BCUT2D eigenvalue weighted by atomic mass is 19.4. The summed E-state index contributed by atoms with van der Waals surface area (Å²) >= 11 is 0. The van der Waals surface area contributed by atoms with Gasteiger partial charge in [0.05, 0.1) is 0 Å². The van der Waals surface area contributed by atoms with Crippen LogP contribution in [0.5, 0.6) is 0 Å². The van der Waals surface area contributed by atoms with Crippen molar-refractivity contribution in [3.63, 3.8) is 0 Å². The smallest absolute Gasteiger partial charge is 0.436 e. The predicted molar refractivity (Wildman–Crippen MR) is 62.3 cm³/mol. The molecule has 0 saturated carbocycles. The van der Waals surface area contributed by atoms with Gasteiger partial charge in [-0.3, -0.25) is 9.59 Å². The average molecular weight is 276 g/mol. The summed E-state index contributed by atoms with van der Waals surface area (Å²) < 4.78 is 43.5. The van der Waals surface area contributed by atoms with E-state index < -0.39 is 23.5 Å². The number of allylic oxidation sites excluding steroid dienone is 2. The fraction of sp³-hybridized carbons (Fsp3) is 0.538. The second-order valence-corrected chi connectivity index (χ2v) is 4.25. The van der Waals surface area contributed by atoms with Crippen LogP contribution in [-0.4, -0.2) is 23.5 Å². The van der Waals surface area contributed by atoms with Gasteiger partial charge in [0.1, 0.15) is 0 Å². The zero-order valence-corrected chi connectivity index (χ0v) is 10.5. The fourth-order valence-electron chi connectivity index (χ4n) is 1.67. The van der Waals surface area contributed by atoms with Gasteiger partial charge in [0.25, 0.3) is 5.60 Å². The minimum Gasteiger partial charge on any atom is -0.436 e. The second-order valence-electron chi connectivity index (χ2n) is 4.25. The summed E-state index contributed by atoms with van der Waals surface area (Å²) in [5.74, 6) is -2.30. The van der Waals surface area contributed by atoms with Gasteiger partial charge in [-0.25, -0.2) is 0 Å². The maximum absolute atomic E-state index is 13.0. The summed E-state index contributed by atoms with van der Waals surface area (Å²) in [7, 11) is 0. The average Bonchev–Trinajstić information content (AvgIpc) is 2.31. The van der Waals surface area contributed by atoms with Crippen molar-refractivity contribution in [1.82, 2.24) is 0 Å².